The SMILES string of the molecule is CCCCCNCCNCCNOC(=O)O. The Balaban J connectivity index is 2.90. The molecule has 4 N–H and O–H groups in total. The molecule has 0 heterocycles. The van der Waals surface area contributed by atoms with Crippen LogP contribution in [0.1, 0.15) is 26.2 Å². The van der Waals surface area contributed by atoms with Crippen LogP contribution < -0.4 is 16.1 Å². The highest BCUT2D eigenvalue weighted by Gasteiger charge is 1.94. The lowest BCUT2D eigenvalue weighted by atomic mass is 10.2. The fraction of sp³-hybridized carbons (Fsp3) is 0.900. The van der Waals surface area contributed by atoms with Crippen LogP contribution >= 0.6 is 0 Å². The molecule has 0 aliphatic heterocycles. The molecule has 0 unspecified atom stereocenters. The number of rotatable bonds is 11. The lowest BCUT2D eigenvalue weighted by molar-refractivity contribution is 0.0447. The summed E-state index contributed by atoms with van der Waals surface area (Å²) in [6, 6.07) is 0. The summed E-state index contributed by atoms with van der Waals surface area (Å²) < 4.78 is 0. The topological polar surface area (TPSA) is 82.6 Å². The average Bonchev–Trinajstić information content (AvgIpc) is 2.25. The average molecular weight is 233 g/mol. The summed E-state index contributed by atoms with van der Waals surface area (Å²) in [7, 11) is 0. The van der Waals surface area contributed by atoms with Gasteiger partial charge >= 0.3 is 6.16 Å². The van der Waals surface area contributed by atoms with E-state index in [-0.39, 0.29) is 0 Å². The molecule has 0 spiro atoms. The summed E-state index contributed by atoms with van der Waals surface area (Å²) in [5.41, 5.74) is 2.32. The van der Waals surface area contributed by atoms with Crippen molar-refractivity contribution in [2.45, 2.75) is 26.2 Å². The van der Waals surface area contributed by atoms with Gasteiger partial charge in [0, 0.05) is 26.2 Å². The van der Waals surface area contributed by atoms with Gasteiger partial charge in [-0.3, -0.25) is 0 Å². The van der Waals surface area contributed by atoms with E-state index in [2.05, 4.69) is 27.9 Å². The molecule has 96 valence electrons. The van der Waals surface area contributed by atoms with Gasteiger partial charge in [-0.1, -0.05) is 19.8 Å². The van der Waals surface area contributed by atoms with Gasteiger partial charge in [-0.15, -0.1) is 5.48 Å². The van der Waals surface area contributed by atoms with Gasteiger partial charge in [0.05, 0.1) is 0 Å². The van der Waals surface area contributed by atoms with Gasteiger partial charge in [0.1, 0.15) is 0 Å². The Bertz CT molecular complexity index is 167. The molecule has 6 heteroatoms. The predicted molar refractivity (Wildman–Crippen MR) is 62.4 cm³/mol. The number of carboxylic acid groups (broad SMARTS) is 1. The summed E-state index contributed by atoms with van der Waals surface area (Å²) in [5, 5.41) is 14.6. The summed E-state index contributed by atoms with van der Waals surface area (Å²) >= 11 is 0. The van der Waals surface area contributed by atoms with Crippen molar-refractivity contribution in [1.82, 2.24) is 16.1 Å². The first-order chi connectivity index (χ1) is 7.77. The molecule has 0 aromatic carbocycles. The van der Waals surface area contributed by atoms with Crippen LogP contribution in [0.3, 0.4) is 0 Å². The van der Waals surface area contributed by atoms with Crippen molar-refractivity contribution in [3.05, 3.63) is 0 Å². The zero-order valence-corrected chi connectivity index (χ0v) is 9.92. The van der Waals surface area contributed by atoms with Crippen molar-refractivity contribution in [3.8, 4) is 0 Å². The van der Waals surface area contributed by atoms with Gasteiger partial charge in [-0.25, -0.2) is 4.79 Å². The van der Waals surface area contributed by atoms with Crippen molar-refractivity contribution < 1.29 is 14.7 Å². The van der Waals surface area contributed by atoms with Gasteiger partial charge in [-0.05, 0) is 13.0 Å². The standard InChI is InChI=1S/C10H23N3O3/c1-2-3-4-5-11-6-7-12-8-9-13-16-10(14)15/h11-13H,2-9H2,1H3,(H,14,15). The molecule has 0 saturated carbocycles. The van der Waals surface area contributed by atoms with Crippen molar-refractivity contribution in [1.29, 1.82) is 0 Å². The number of hydroxylamine groups is 1. The van der Waals surface area contributed by atoms with Gasteiger partial charge < -0.3 is 20.6 Å². The van der Waals surface area contributed by atoms with Gasteiger partial charge in [0.2, 0.25) is 0 Å². The number of unbranched alkanes of at least 4 members (excludes halogenated alkanes) is 2. The highest BCUT2D eigenvalue weighted by Crippen LogP contribution is 1.90. The van der Waals surface area contributed by atoms with Crippen LogP contribution in [0.25, 0.3) is 0 Å². The summed E-state index contributed by atoms with van der Waals surface area (Å²) in [6.07, 6.45) is 2.44. The first-order valence-corrected chi connectivity index (χ1v) is 5.81. The lowest BCUT2D eigenvalue weighted by Gasteiger charge is -2.06. The van der Waals surface area contributed by atoms with Crippen molar-refractivity contribution >= 4 is 6.16 Å². The normalized spacial score (nSPS) is 10.3. The number of carbonyl (C=O) groups is 1. The van der Waals surface area contributed by atoms with Crippen LogP contribution in [0.2, 0.25) is 0 Å². The Hall–Kier alpha value is -0.850. The summed E-state index contributed by atoms with van der Waals surface area (Å²) in [6.45, 7) is 6.22. The molecule has 0 saturated heterocycles. The van der Waals surface area contributed by atoms with E-state index in [0.717, 1.165) is 19.6 Å². The Kier molecular flexibility index (Phi) is 11.6. The minimum absolute atomic E-state index is 0.474. The minimum atomic E-state index is -1.31. The van der Waals surface area contributed by atoms with Gasteiger partial charge in [0.15, 0.2) is 0 Å². The third-order valence-corrected chi connectivity index (χ3v) is 2.00. The van der Waals surface area contributed by atoms with E-state index in [1.165, 1.54) is 19.3 Å². The van der Waals surface area contributed by atoms with Crippen LogP contribution in [0, 0.1) is 0 Å². The fourth-order valence-electron chi connectivity index (χ4n) is 1.18. The van der Waals surface area contributed by atoms with Crippen LogP contribution in [-0.4, -0.2) is 44.0 Å². The second-order valence-corrected chi connectivity index (χ2v) is 3.47. The maximum atomic E-state index is 9.94. The van der Waals surface area contributed by atoms with Crippen LogP contribution in [-0.2, 0) is 4.84 Å². The van der Waals surface area contributed by atoms with Gasteiger partial charge in [-0.2, -0.15) is 0 Å². The minimum Gasteiger partial charge on any atom is -0.448 e. The third-order valence-electron chi connectivity index (χ3n) is 2.00. The Morgan fingerprint density at radius 1 is 1.06 bits per heavy atom. The van der Waals surface area contributed by atoms with E-state index in [1.807, 2.05) is 0 Å². The zero-order chi connectivity index (χ0) is 12.1. The van der Waals surface area contributed by atoms with E-state index >= 15 is 0 Å². The van der Waals surface area contributed by atoms with E-state index in [0.29, 0.717) is 13.1 Å². The van der Waals surface area contributed by atoms with Crippen molar-refractivity contribution in [2.75, 3.05) is 32.7 Å². The number of nitrogens with one attached hydrogen (secondary N) is 3. The fourth-order valence-corrected chi connectivity index (χ4v) is 1.18. The maximum absolute atomic E-state index is 9.94. The zero-order valence-electron chi connectivity index (χ0n) is 9.92. The van der Waals surface area contributed by atoms with Crippen molar-refractivity contribution in [3.63, 3.8) is 0 Å². The molecule has 0 aromatic heterocycles. The Morgan fingerprint density at radius 3 is 2.31 bits per heavy atom. The molecule has 0 amide bonds. The van der Waals surface area contributed by atoms with Crippen LogP contribution in [0.5, 0.6) is 0 Å². The molecule has 0 rings (SSSR count). The highest BCUT2D eigenvalue weighted by molar-refractivity contribution is 5.56. The Labute approximate surface area is 96.7 Å². The molecular formula is C10H23N3O3. The first kappa shape index (κ1) is 15.2. The largest absolute Gasteiger partial charge is 0.525 e. The monoisotopic (exact) mass is 233 g/mol. The number of hydrogen-bond acceptors (Lipinski definition) is 5. The summed E-state index contributed by atoms with van der Waals surface area (Å²) in [5.74, 6) is 0. The molecule has 6 nitrogen and oxygen atoms in total. The first-order valence-electron chi connectivity index (χ1n) is 5.81. The smallest absolute Gasteiger partial charge is 0.448 e. The maximum Gasteiger partial charge on any atom is 0.525 e. The van der Waals surface area contributed by atoms with E-state index < -0.39 is 6.16 Å². The highest BCUT2D eigenvalue weighted by atomic mass is 16.8. The van der Waals surface area contributed by atoms with E-state index in [1.54, 1.807) is 0 Å². The molecule has 0 aliphatic carbocycles. The second-order valence-electron chi connectivity index (χ2n) is 3.47. The lowest BCUT2D eigenvalue weighted by Crippen LogP contribution is -2.33. The molecule has 0 bridgehead atoms. The predicted octanol–water partition coefficient (Wildman–Crippen LogP) is 0.555. The second kappa shape index (κ2) is 12.2. The quantitative estimate of drug-likeness (QED) is 0.308. The van der Waals surface area contributed by atoms with E-state index in [4.69, 9.17) is 5.11 Å². The van der Waals surface area contributed by atoms with Crippen LogP contribution in [0.15, 0.2) is 0 Å². The third kappa shape index (κ3) is 13.2. The molecule has 0 aromatic rings. The molecule has 0 aliphatic rings. The number of hydrogen-bond donors (Lipinski definition) is 4. The summed E-state index contributed by atoms with van der Waals surface area (Å²) in [4.78, 5) is 14.1. The molecule has 16 heavy (non-hydrogen) atoms. The molecule has 0 radical (unpaired) electrons. The van der Waals surface area contributed by atoms with E-state index in [9.17, 15) is 4.79 Å². The molecular weight excluding hydrogens is 210 g/mol. The molecule has 0 atom stereocenters. The Morgan fingerprint density at radius 2 is 1.69 bits per heavy atom. The van der Waals surface area contributed by atoms with Crippen LogP contribution in [0.4, 0.5) is 4.79 Å². The van der Waals surface area contributed by atoms with Gasteiger partial charge in [0.25, 0.3) is 0 Å². The molecule has 0 fully saturated rings. The van der Waals surface area contributed by atoms with Crippen molar-refractivity contribution in [2.24, 2.45) is 0 Å².